The van der Waals surface area contributed by atoms with E-state index in [0.717, 1.165) is 6.42 Å². The van der Waals surface area contributed by atoms with Crippen LogP contribution in [0.15, 0.2) is 12.1 Å². The monoisotopic (exact) mass is 193 g/mol. The molecule has 1 aromatic rings. The first-order chi connectivity index (χ1) is 6.66. The average molecular weight is 193 g/mol. The normalized spacial score (nSPS) is 9.86. The number of rotatable bonds is 4. The number of benzene rings is 1. The number of carbonyl (C=O) groups is 1. The zero-order valence-electron chi connectivity index (χ0n) is 8.33. The molecule has 3 nitrogen and oxygen atoms in total. The second-order valence-corrected chi connectivity index (χ2v) is 2.97. The van der Waals surface area contributed by atoms with Gasteiger partial charge in [0.25, 0.3) is 0 Å². The van der Waals surface area contributed by atoms with Crippen LogP contribution in [0.25, 0.3) is 0 Å². The third kappa shape index (κ3) is 2.25. The molecule has 0 heterocycles. The van der Waals surface area contributed by atoms with E-state index in [2.05, 4.69) is 6.07 Å². The highest BCUT2D eigenvalue weighted by Gasteiger charge is 2.11. The van der Waals surface area contributed by atoms with Gasteiger partial charge in [-0.3, -0.25) is 4.79 Å². The first kappa shape index (κ1) is 10.6. The molecule has 0 bridgehead atoms. The molecule has 75 valence electrons. The Morgan fingerprint density at radius 3 is 2.93 bits per heavy atom. The number of hydrogen-bond donors (Lipinski definition) is 1. The number of carbonyl (C=O) groups excluding carboxylic acids is 1. The van der Waals surface area contributed by atoms with Gasteiger partial charge in [-0.1, -0.05) is 6.92 Å². The highest BCUT2D eigenvalue weighted by atomic mass is 16.5. The summed E-state index contributed by atoms with van der Waals surface area (Å²) in [5.74, 6) is -0.0501. The summed E-state index contributed by atoms with van der Waals surface area (Å²) in [7, 11) is 0. The second-order valence-electron chi connectivity index (χ2n) is 2.97. The number of ketones is 1. The van der Waals surface area contributed by atoms with Gasteiger partial charge < -0.3 is 9.84 Å². The SMILES string of the molecule is CCCOc1[c]ccc(C(C)=O)c1O. The van der Waals surface area contributed by atoms with Crippen LogP contribution in [0.5, 0.6) is 11.5 Å². The van der Waals surface area contributed by atoms with E-state index in [1.54, 1.807) is 6.07 Å². The number of phenols is 1. The van der Waals surface area contributed by atoms with Crippen LogP contribution in [0.2, 0.25) is 0 Å². The Labute approximate surface area is 83.3 Å². The number of phenolic OH excluding ortho intramolecular Hbond substituents is 1. The Hall–Kier alpha value is -1.51. The van der Waals surface area contributed by atoms with Gasteiger partial charge in [-0.2, -0.15) is 0 Å². The molecule has 0 atom stereocenters. The summed E-state index contributed by atoms with van der Waals surface area (Å²) < 4.78 is 5.22. The Bertz CT molecular complexity index is 331. The molecule has 3 heteroatoms. The summed E-state index contributed by atoms with van der Waals surface area (Å²) in [6, 6.07) is 5.84. The third-order valence-corrected chi connectivity index (χ3v) is 1.76. The lowest BCUT2D eigenvalue weighted by Gasteiger charge is -2.08. The fourth-order valence-corrected chi connectivity index (χ4v) is 1.07. The Morgan fingerprint density at radius 1 is 1.64 bits per heavy atom. The second kappa shape index (κ2) is 4.65. The molecule has 0 amide bonds. The molecular weight excluding hydrogens is 180 g/mol. The van der Waals surface area contributed by atoms with Crippen molar-refractivity contribution in [3.8, 4) is 11.5 Å². The van der Waals surface area contributed by atoms with E-state index in [0.29, 0.717) is 6.61 Å². The minimum atomic E-state index is -0.183. The molecule has 0 aliphatic rings. The minimum Gasteiger partial charge on any atom is -0.504 e. The van der Waals surface area contributed by atoms with Gasteiger partial charge in [0.15, 0.2) is 17.3 Å². The molecule has 0 aromatic heterocycles. The Kier molecular flexibility index (Phi) is 3.51. The summed E-state index contributed by atoms with van der Waals surface area (Å²) in [6.07, 6.45) is 0.845. The van der Waals surface area contributed by atoms with Gasteiger partial charge in [0.2, 0.25) is 0 Å². The van der Waals surface area contributed by atoms with Crippen LogP contribution in [0.3, 0.4) is 0 Å². The van der Waals surface area contributed by atoms with Crippen molar-refractivity contribution in [1.82, 2.24) is 0 Å². The fourth-order valence-electron chi connectivity index (χ4n) is 1.07. The number of hydrogen-bond acceptors (Lipinski definition) is 3. The van der Waals surface area contributed by atoms with E-state index in [-0.39, 0.29) is 22.8 Å². The fraction of sp³-hybridized carbons (Fsp3) is 0.364. The van der Waals surface area contributed by atoms with Crippen LogP contribution >= 0.6 is 0 Å². The summed E-state index contributed by atoms with van der Waals surface area (Å²) in [5.41, 5.74) is 0.273. The highest BCUT2D eigenvalue weighted by Crippen LogP contribution is 2.29. The van der Waals surface area contributed by atoms with E-state index < -0.39 is 0 Å². The summed E-state index contributed by atoms with van der Waals surface area (Å²) in [5, 5.41) is 9.61. The molecule has 0 aliphatic carbocycles. The Balaban J connectivity index is 2.95. The predicted octanol–water partition coefficient (Wildman–Crippen LogP) is 2.18. The highest BCUT2D eigenvalue weighted by molar-refractivity contribution is 5.97. The van der Waals surface area contributed by atoms with Crippen LogP contribution in [0, 0.1) is 6.07 Å². The molecular formula is C11H13O3. The molecule has 1 N–H and O–H groups in total. The van der Waals surface area contributed by atoms with Gasteiger partial charge in [-0.05, 0) is 25.5 Å². The molecule has 0 saturated carbocycles. The van der Waals surface area contributed by atoms with Gasteiger partial charge in [-0.25, -0.2) is 0 Å². The van der Waals surface area contributed by atoms with Gasteiger partial charge in [0.05, 0.1) is 12.2 Å². The van der Waals surface area contributed by atoms with E-state index in [4.69, 9.17) is 4.74 Å². The van der Waals surface area contributed by atoms with Crippen molar-refractivity contribution in [2.24, 2.45) is 0 Å². The maximum absolute atomic E-state index is 11.1. The van der Waals surface area contributed by atoms with Gasteiger partial charge in [0, 0.05) is 6.07 Å². The maximum atomic E-state index is 11.1. The number of ether oxygens (including phenoxy) is 1. The van der Waals surface area contributed by atoms with E-state index in [1.807, 2.05) is 6.92 Å². The maximum Gasteiger partial charge on any atom is 0.169 e. The molecule has 14 heavy (non-hydrogen) atoms. The largest absolute Gasteiger partial charge is 0.504 e. The van der Waals surface area contributed by atoms with E-state index >= 15 is 0 Å². The van der Waals surface area contributed by atoms with Crippen LogP contribution < -0.4 is 4.74 Å². The molecule has 1 rings (SSSR count). The molecule has 0 fully saturated rings. The summed E-state index contributed by atoms with van der Waals surface area (Å²) in [4.78, 5) is 11.1. The van der Waals surface area contributed by atoms with E-state index in [9.17, 15) is 9.90 Å². The summed E-state index contributed by atoms with van der Waals surface area (Å²) >= 11 is 0. The molecule has 1 aromatic carbocycles. The molecule has 0 spiro atoms. The van der Waals surface area contributed by atoms with Crippen molar-refractivity contribution in [2.45, 2.75) is 20.3 Å². The summed E-state index contributed by atoms with van der Waals surface area (Å²) in [6.45, 7) is 3.87. The molecule has 0 saturated heterocycles. The molecule has 0 unspecified atom stereocenters. The number of Topliss-reactive ketones (excluding diaryl/α,β-unsaturated/α-hetero) is 1. The first-order valence-electron chi connectivity index (χ1n) is 4.54. The standard InChI is InChI=1S/C11H13O3/c1-3-7-14-10-6-4-5-9(8(2)12)11(10)13/h4-5,13H,3,7H2,1-2H3. The lowest BCUT2D eigenvalue weighted by Crippen LogP contribution is -1.99. The topological polar surface area (TPSA) is 46.5 Å². The van der Waals surface area contributed by atoms with Gasteiger partial charge in [-0.15, -0.1) is 0 Å². The quantitative estimate of drug-likeness (QED) is 0.745. The third-order valence-electron chi connectivity index (χ3n) is 1.76. The van der Waals surface area contributed by atoms with Crippen molar-refractivity contribution < 1.29 is 14.6 Å². The average Bonchev–Trinajstić information content (AvgIpc) is 2.16. The zero-order chi connectivity index (χ0) is 10.6. The van der Waals surface area contributed by atoms with Crippen molar-refractivity contribution >= 4 is 5.78 Å². The molecule has 1 radical (unpaired) electrons. The van der Waals surface area contributed by atoms with Crippen LogP contribution in [0.4, 0.5) is 0 Å². The smallest absolute Gasteiger partial charge is 0.169 e. The van der Waals surface area contributed by atoms with Crippen LogP contribution in [0.1, 0.15) is 30.6 Å². The zero-order valence-corrected chi connectivity index (χ0v) is 8.33. The van der Waals surface area contributed by atoms with Crippen molar-refractivity contribution in [3.63, 3.8) is 0 Å². The predicted molar refractivity (Wildman–Crippen MR) is 52.7 cm³/mol. The van der Waals surface area contributed by atoms with Crippen LogP contribution in [-0.2, 0) is 0 Å². The Morgan fingerprint density at radius 2 is 2.36 bits per heavy atom. The van der Waals surface area contributed by atoms with Gasteiger partial charge >= 0.3 is 0 Å². The lowest BCUT2D eigenvalue weighted by atomic mass is 10.1. The van der Waals surface area contributed by atoms with Crippen molar-refractivity contribution in [3.05, 3.63) is 23.8 Å². The van der Waals surface area contributed by atoms with Gasteiger partial charge in [0.1, 0.15) is 0 Å². The molecule has 0 aliphatic heterocycles. The first-order valence-corrected chi connectivity index (χ1v) is 4.54. The minimum absolute atomic E-state index is 0.117. The van der Waals surface area contributed by atoms with Crippen LogP contribution in [-0.4, -0.2) is 17.5 Å². The lowest BCUT2D eigenvalue weighted by molar-refractivity contribution is 0.101. The van der Waals surface area contributed by atoms with Crippen molar-refractivity contribution in [2.75, 3.05) is 6.61 Å². The van der Waals surface area contributed by atoms with Crippen molar-refractivity contribution in [1.29, 1.82) is 0 Å². The van der Waals surface area contributed by atoms with E-state index in [1.165, 1.54) is 13.0 Å². The number of aromatic hydroxyl groups is 1.